The number of fused-ring (bicyclic) bond motifs is 5. The van der Waals surface area contributed by atoms with Crippen molar-refractivity contribution in [1.29, 1.82) is 0 Å². The van der Waals surface area contributed by atoms with Crippen molar-refractivity contribution in [3.8, 4) is 0 Å². The van der Waals surface area contributed by atoms with E-state index in [9.17, 15) is 4.79 Å². The van der Waals surface area contributed by atoms with E-state index >= 15 is 0 Å². The number of rotatable bonds is 1. The molecule has 5 heterocycles. The monoisotopic (exact) mass is 283 g/mol. The first-order valence-corrected chi connectivity index (χ1v) is 7.62. The molecule has 0 aromatic carbocycles. The van der Waals surface area contributed by atoms with E-state index in [4.69, 9.17) is 0 Å². The van der Waals surface area contributed by atoms with Gasteiger partial charge in [0.1, 0.15) is 5.65 Å². The standard InChI is InChI=1S/C15H17N5O/c21-15-19-12-7-17-14-11(3-4-16-14)13(12)20(15)10-5-8-1-2-9(6-10)18-8/h3-4,7-10,18H,1-2,5-6H2,(H,16,17)(H,19,21). The molecule has 0 aliphatic carbocycles. The minimum atomic E-state index is -0.00759. The Bertz CT molecular complexity index is 876. The van der Waals surface area contributed by atoms with Gasteiger partial charge in [0.15, 0.2) is 0 Å². The lowest BCUT2D eigenvalue weighted by molar-refractivity contribution is 0.299. The van der Waals surface area contributed by atoms with Gasteiger partial charge < -0.3 is 15.3 Å². The molecule has 0 saturated carbocycles. The molecule has 0 radical (unpaired) electrons. The van der Waals surface area contributed by atoms with E-state index in [2.05, 4.69) is 20.3 Å². The van der Waals surface area contributed by atoms with E-state index in [1.165, 1.54) is 12.8 Å². The smallest absolute Gasteiger partial charge is 0.326 e. The zero-order valence-electron chi connectivity index (χ0n) is 11.6. The molecule has 2 unspecified atom stereocenters. The number of aromatic nitrogens is 4. The van der Waals surface area contributed by atoms with Crippen molar-refractivity contribution in [2.75, 3.05) is 0 Å². The third-order valence-electron chi connectivity index (χ3n) is 5.07. The Balaban J connectivity index is 1.76. The van der Waals surface area contributed by atoms with Gasteiger partial charge in [-0.1, -0.05) is 0 Å². The number of piperidine rings is 1. The normalized spacial score (nSPS) is 28.7. The summed E-state index contributed by atoms with van der Waals surface area (Å²) in [6, 6.07) is 3.42. The molecule has 0 spiro atoms. The molecule has 3 aromatic rings. The Labute approximate surface area is 120 Å². The zero-order valence-corrected chi connectivity index (χ0v) is 11.6. The van der Waals surface area contributed by atoms with Crippen LogP contribution in [-0.2, 0) is 0 Å². The number of nitrogens with one attached hydrogen (secondary N) is 3. The van der Waals surface area contributed by atoms with Gasteiger partial charge in [-0.25, -0.2) is 9.78 Å². The maximum atomic E-state index is 12.5. The van der Waals surface area contributed by atoms with Crippen LogP contribution in [0.3, 0.4) is 0 Å². The third-order valence-corrected chi connectivity index (χ3v) is 5.07. The fourth-order valence-electron chi connectivity index (χ4n) is 4.21. The summed E-state index contributed by atoms with van der Waals surface area (Å²) in [4.78, 5) is 22.9. The number of hydrogen-bond acceptors (Lipinski definition) is 3. The Morgan fingerprint density at radius 1 is 1.24 bits per heavy atom. The van der Waals surface area contributed by atoms with E-state index in [-0.39, 0.29) is 11.7 Å². The topological polar surface area (TPSA) is 78.5 Å². The largest absolute Gasteiger partial charge is 0.346 e. The summed E-state index contributed by atoms with van der Waals surface area (Å²) in [5.74, 6) is 0. The van der Waals surface area contributed by atoms with E-state index in [0.717, 1.165) is 34.9 Å². The molecule has 2 aliphatic heterocycles. The maximum Gasteiger partial charge on any atom is 0.326 e. The van der Waals surface area contributed by atoms with Gasteiger partial charge >= 0.3 is 5.69 Å². The fourth-order valence-corrected chi connectivity index (χ4v) is 4.21. The number of imidazole rings is 1. The molecule has 6 heteroatoms. The summed E-state index contributed by atoms with van der Waals surface area (Å²) in [5.41, 5.74) is 2.66. The van der Waals surface area contributed by atoms with E-state index < -0.39 is 0 Å². The Kier molecular flexibility index (Phi) is 2.19. The number of nitrogens with zero attached hydrogens (tertiary/aromatic N) is 2. The molecule has 21 heavy (non-hydrogen) atoms. The van der Waals surface area contributed by atoms with Gasteiger partial charge in [0.25, 0.3) is 0 Å². The van der Waals surface area contributed by atoms with Gasteiger partial charge in [-0.15, -0.1) is 0 Å². The third kappa shape index (κ3) is 1.56. The molecule has 0 amide bonds. The van der Waals surface area contributed by atoms with Crippen molar-refractivity contribution >= 4 is 22.1 Å². The minimum Gasteiger partial charge on any atom is -0.346 e. The number of pyridine rings is 1. The summed E-state index contributed by atoms with van der Waals surface area (Å²) < 4.78 is 1.97. The summed E-state index contributed by atoms with van der Waals surface area (Å²) in [5, 5.41) is 4.66. The van der Waals surface area contributed by atoms with Crippen LogP contribution in [0.25, 0.3) is 22.1 Å². The highest BCUT2D eigenvalue weighted by atomic mass is 16.1. The van der Waals surface area contributed by atoms with E-state index in [1.807, 2.05) is 16.8 Å². The first kappa shape index (κ1) is 11.6. The second-order valence-corrected chi connectivity index (χ2v) is 6.32. The molecule has 2 bridgehead atoms. The van der Waals surface area contributed by atoms with Crippen LogP contribution in [0.5, 0.6) is 0 Å². The van der Waals surface area contributed by atoms with Crippen molar-refractivity contribution in [3.05, 3.63) is 28.9 Å². The Hall–Kier alpha value is -2.08. The van der Waals surface area contributed by atoms with Crippen LogP contribution < -0.4 is 11.0 Å². The molecular weight excluding hydrogens is 266 g/mol. The van der Waals surface area contributed by atoms with E-state index in [1.54, 1.807) is 6.20 Å². The van der Waals surface area contributed by atoms with Crippen molar-refractivity contribution in [1.82, 2.24) is 24.8 Å². The Morgan fingerprint density at radius 3 is 2.86 bits per heavy atom. The molecule has 3 N–H and O–H groups in total. The molecule has 2 fully saturated rings. The summed E-state index contributed by atoms with van der Waals surface area (Å²) in [7, 11) is 0. The van der Waals surface area contributed by atoms with Crippen LogP contribution in [0.4, 0.5) is 0 Å². The average molecular weight is 283 g/mol. The SMILES string of the molecule is O=c1[nH]c2cnc3[nH]ccc3c2n1C1CC2CCC(C1)N2. The highest BCUT2D eigenvalue weighted by molar-refractivity contribution is 6.00. The first-order chi connectivity index (χ1) is 10.3. The molecule has 2 atom stereocenters. The lowest BCUT2D eigenvalue weighted by Gasteiger charge is -2.29. The average Bonchev–Trinajstić information content (AvgIpc) is 3.14. The molecular formula is C15H17N5O. The van der Waals surface area contributed by atoms with Gasteiger partial charge in [-0.2, -0.15) is 0 Å². The predicted octanol–water partition coefficient (Wildman–Crippen LogP) is 1.66. The molecule has 2 saturated heterocycles. The second-order valence-electron chi connectivity index (χ2n) is 6.32. The van der Waals surface area contributed by atoms with Crippen LogP contribution in [0.15, 0.2) is 23.3 Å². The van der Waals surface area contributed by atoms with Gasteiger partial charge in [0.2, 0.25) is 0 Å². The molecule has 6 nitrogen and oxygen atoms in total. The number of hydrogen-bond donors (Lipinski definition) is 3. The van der Waals surface area contributed by atoms with Crippen molar-refractivity contribution in [2.45, 2.75) is 43.8 Å². The maximum absolute atomic E-state index is 12.5. The van der Waals surface area contributed by atoms with Crippen LogP contribution in [0.2, 0.25) is 0 Å². The van der Waals surface area contributed by atoms with Crippen molar-refractivity contribution < 1.29 is 0 Å². The molecule has 5 rings (SSSR count). The first-order valence-electron chi connectivity index (χ1n) is 7.62. The highest BCUT2D eigenvalue weighted by Crippen LogP contribution is 2.35. The summed E-state index contributed by atoms with van der Waals surface area (Å²) in [6.45, 7) is 0. The highest BCUT2D eigenvalue weighted by Gasteiger charge is 2.35. The molecule has 3 aromatic heterocycles. The van der Waals surface area contributed by atoms with Crippen LogP contribution in [0.1, 0.15) is 31.7 Å². The summed E-state index contributed by atoms with van der Waals surface area (Å²) in [6.07, 6.45) is 8.18. The lowest BCUT2D eigenvalue weighted by Crippen LogP contribution is -2.40. The number of H-pyrrole nitrogens is 2. The molecule has 2 aliphatic rings. The fraction of sp³-hybridized carbons (Fsp3) is 0.467. The second kappa shape index (κ2) is 3.98. The summed E-state index contributed by atoms with van der Waals surface area (Å²) >= 11 is 0. The van der Waals surface area contributed by atoms with Crippen molar-refractivity contribution in [3.63, 3.8) is 0 Å². The quantitative estimate of drug-likeness (QED) is 0.635. The van der Waals surface area contributed by atoms with Gasteiger partial charge in [0, 0.05) is 29.7 Å². The van der Waals surface area contributed by atoms with Crippen molar-refractivity contribution in [2.24, 2.45) is 0 Å². The lowest BCUT2D eigenvalue weighted by atomic mass is 9.99. The number of aromatic amines is 2. The van der Waals surface area contributed by atoms with Gasteiger partial charge in [-0.05, 0) is 31.7 Å². The minimum absolute atomic E-state index is 0.00759. The predicted molar refractivity (Wildman–Crippen MR) is 80.4 cm³/mol. The van der Waals surface area contributed by atoms with Gasteiger partial charge in [0.05, 0.1) is 17.2 Å². The van der Waals surface area contributed by atoms with Crippen LogP contribution >= 0.6 is 0 Å². The van der Waals surface area contributed by atoms with E-state index in [0.29, 0.717) is 12.1 Å². The van der Waals surface area contributed by atoms with Crippen LogP contribution in [0, 0.1) is 0 Å². The molecule has 108 valence electrons. The van der Waals surface area contributed by atoms with Crippen LogP contribution in [-0.4, -0.2) is 31.6 Å². The van der Waals surface area contributed by atoms with Gasteiger partial charge in [-0.3, -0.25) is 4.57 Å². The Morgan fingerprint density at radius 2 is 2.05 bits per heavy atom. The zero-order chi connectivity index (χ0) is 14.0.